The van der Waals surface area contributed by atoms with E-state index in [1.807, 2.05) is 0 Å². The number of hydrogen-bond donors (Lipinski definition) is 1. The van der Waals surface area contributed by atoms with Crippen LogP contribution in [0.4, 0.5) is 0 Å². The minimum absolute atomic E-state index is 0.324. The highest BCUT2D eigenvalue weighted by molar-refractivity contribution is 9.11. The van der Waals surface area contributed by atoms with E-state index in [1.54, 1.807) is 11.3 Å². The maximum absolute atomic E-state index is 8.70. The highest BCUT2D eigenvalue weighted by Gasteiger charge is 2.41. The lowest BCUT2D eigenvalue weighted by Crippen LogP contribution is -2.25. The lowest BCUT2D eigenvalue weighted by molar-refractivity contribution is 0.469. The first-order valence-electron chi connectivity index (χ1n) is 5.56. The summed E-state index contributed by atoms with van der Waals surface area (Å²) >= 11 is 5.26. The van der Waals surface area contributed by atoms with Crippen LogP contribution in [0.3, 0.4) is 0 Å². The van der Waals surface area contributed by atoms with Crippen molar-refractivity contribution in [2.24, 2.45) is 5.41 Å². The number of hydrogen-bond acceptors (Lipinski definition) is 3. The Labute approximate surface area is 109 Å². The van der Waals surface area contributed by atoms with Gasteiger partial charge in [0.2, 0.25) is 0 Å². The monoisotopic (exact) mass is 298 g/mol. The molecule has 1 aromatic rings. The van der Waals surface area contributed by atoms with Gasteiger partial charge in [-0.15, -0.1) is 11.3 Å². The molecule has 0 amide bonds. The lowest BCUT2D eigenvalue weighted by atomic mass is 10.0. The molecular weight excluding hydrogens is 284 g/mol. The molecule has 1 saturated carbocycles. The molecule has 0 atom stereocenters. The third-order valence-electron chi connectivity index (χ3n) is 3.09. The Hall–Kier alpha value is -0.370. The van der Waals surface area contributed by atoms with E-state index >= 15 is 0 Å². The van der Waals surface area contributed by atoms with Crippen molar-refractivity contribution in [3.63, 3.8) is 0 Å². The molecule has 0 aliphatic heterocycles. The molecule has 0 saturated heterocycles. The number of rotatable bonds is 6. The fraction of sp³-hybridized carbons (Fsp3) is 0.583. The molecule has 1 aliphatic rings. The number of nitrogens with one attached hydrogen (secondary N) is 1. The molecule has 0 spiro atoms. The Morgan fingerprint density at radius 1 is 1.50 bits per heavy atom. The van der Waals surface area contributed by atoms with Crippen LogP contribution in [-0.2, 0) is 6.42 Å². The predicted molar refractivity (Wildman–Crippen MR) is 70.5 cm³/mol. The van der Waals surface area contributed by atoms with Crippen molar-refractivity contribution in [1.29, 1.82) is 5.26 Å². The molecule has 1 heterocycles. The number of nitriles is 1. The van der Waals surface area contributed by atoms with Crippen molar-refractivity contribution in [3.8, 4) is 6.07 Å². The van der Waals surface area contributed by atoms with Crippen molar-refractivity contribution in [2.45, 2.75) is 25.7 Å². The van der Waals surface area contributed by atoms with Crippen molar-refractivity contribution < 1.29 is 0 Å². The number of thiophene rings is 1. The van der Waals surface area contributed by atoms with Crippen LogP contribution in [0, 0.1) is 16.7 Å². The summed E-state index contributed by atoms with van der Waals surface area (Å²) in [5, 5.41) is 12.2. The van der Waals surface area contributed by atoms with Crippen LogP contribution in [0.1, 0.15) is 24.1 Å². The van der Waals surface area contributed by atoms with Crippen LogP contribution in [0.2, 0.25) is 0 Å². The Morgan fingerprint density at radius 2 is 2.31 bits per heavy atom. The first kappa shape index (κ1) is 12.1. The minimum Gasteiger partial charge on any atom is -0.316 e. The number of halogens is 1. The topological polar surface area (TPSA) is 35.8 Å². The van der Waals surface area contributed by atoms with E-state index in [1.165, 1.54) is 21.5 Å². The summed E-state index contributed by atoms with van der Waals surface area (Å²) in [6.07, 6.45) is 4.24. The Kier molecular flexibility index (Phi) is 4.01. The van der Waals surface area contributed by atoms with Crippen molar-refractivity contribution in [1.82, 2.24) is 5.32 Å². The Balaban J connectivity index is 1.64. The fourth-order valence-electron chi connectivity index (χ4n) is 1.81. The standard InChI is InChI=1S/C12H15BrN2S/c13-11-2-1-10(16-11)3-8-15-9-12(4-5-12)6-7-14/h1-2,15H,3-6,8-9H2. The summed E-state index contributed by atoms with van der Waals surface area (Å²) < 4.78 is 1.20. The lowest BCUT2D eigenvalue weighted by Gasteiger charge is -2.11. The first-order chi connectivity index (χ1) is 7.74. The molecule has 1 fully saturated rings. The summed E-state index contributed by atoms with van der Waals surface area (Å²) in [7, 11) is 0. The highest BCUT2D eigenvalue weighted by atomic mass is 79.9. The maximum Gasteiger partial charge on any atom is 0.0701 e. The van der Waals surface area contributed by atoms with E-state index in [0.717, 1.165) is 19.5 Å². The third-order valence-corrected chi connectivity index (χ3v) is 4.77. The van der Waals surface area contributed by atoms with Gasteiger partial charge in [-0.2, -0.15) is 5.26 Å². The van der Waals surface area contributed by atoms with Gasteiger partial charge < -0.3 is 5.32 Å². The van der Waals surface area contributed by atoms with Crippen molar-refractivity contribution >= 4 is 27.3 Å². The fourth-order valence-corrected chi connectivity index (χ4v) is 3.29. The summed E-state index contributed by atoms with van der Waals surface area (Å²) in [5.41, 5.74) is 0.324. The molecule has 86 valence electrons. The van der Waals surface area contributed by atoms with Crippen molar-refractivity contribution in [3.05, 3.63) is 20.8 Å². The quantitative estimate of drug-likeness (QED) is 0.818. The molecule has 0 aromatic carbocycles. The number of nitrogens with zero attached hydrogens (tertiary/aromatic N) is 1. The molecule has 0 radical (unpaired) electrons. The van der Waals surface area contributed by atoms with Gasteiger partial charge in [-0.1, -0.05) is 0 Å². The highest BCUT2D eigenvalue weighted by Crippen LogP contribution is 2.47. The average Bonchev–Trinajstić information content (AvgIpc) is 2.90. The average molecular weight is 299 g/mol. The van der Waals surface area contributed by atoms with Gasteiger partial charge in [0, 0.05) is 17.8 Å². The zero-order valence-corrected chi connectivity index (χ0v) is 11.5. The molecule has 4 heteroatoms. The molecule has 0 bridgehead atoms. The second-order valence-electron chi connectivity index (χ2n) is 4.47. The van der Waals surface area contributed by atoms with Gasteiger partial charge in [-0.3, -0.25) is 0 Å². The summed E-state index contributed by atoms with van der Waals surface area (Å²) in [6.45, 7) is 2.02. The smallest absolute Gasteiger partial charge is 0.0701 e. The van der Waals surface area contributed by atoms with Gasteiger partial charge in [0.1, 0.15) is 0 Å². The van der Waals surface area contributed by atoms with Gasteiger partial charge in [0.25, 0.3) is 0 Å². The van der Waals surface area contributed by atoms with Gasteiger partial charge in [-0.25, -0.2) is 0 Å². The maximum atomic E-state index is 8.70. The summed E-state index contributed by atoms with van der Waals surface area (Å²) in [6, 6.07) is 6.55. The van der Waals surface area contributed by atoms with E-state index < -0.39 is 0 Å². The SMILES string of the molecule is N#CCC1(CNCCc2ccc(Br)s2)CC1. The molecule has 1 N–H and O–H groups in total. The summed E-state index contributed by atoms with van der Waals surface area (Å²) in [4.78, 5) is 1.41. The van der Waals surface area contributed by atoms with Crippen molar-refractivity contribution in [2.75, 3.05) is 13.1 Å². The van der Waals surface area contributed by atoms with Crippen LogP contribution in [0.5, 0.6) is 0 Å². The normalized spacial score (nSPS) is 17.0. The molecular formula is C12H15BrN2S. The Morgan fingerprint density at radius 3 is 2.88 bits per heavy atom. The van der Waals surface area contributed by atoms with E-state index in [4.69, 9.17) is 5.26 Å². The first-order valence-corrected chi connectivity index (χ1v) is 7.17. The van der Waals surface area contributed by atoms with Crippen LogP contribution in [-0.4, -0.2) is 13.1 Å². The van der Waals surface area contributed by atoms with Gasteiger partial charge in [0.15, 0.2) is 0 Å². The van der Waals surface area contributed by atoms with Crippen LogP contribution in [0.25, 0.3) is 0 Å². The summed E-state index contributed by atoms with van der Waals surface area (Å²) in [5.74, 6) is 0. The van der Waals surface area contributed by atoms with E-state index in [0.29, 0.717) is 11.8 Å². The second kappa shape index (κ2) is 5.31. The van der Waals surface area contributed by atoms with Gasteiger partial charge in [-0.05, 0) is 59.3 Å². The molecule has 2 nitrogen and oxygen atoms in total. The minimum atomic E-state index is 0.324. The van der Waals surface area contributed by atoms with Gasteiger partial charge >= 0.3 is 0 Å². The second-order valence-corrected chi connectivity index (χ2v) is 7.02. The van der Waals surface area contributed by atoms with E-state index in [9.17, 15) is 0 Å². The molecule has 0 unspecified atom stereocenters. The van der Waals surface area contributed by atoms with Gasteiger partial charge in [0.05, 0.1) is 9.86 Å². The van der Waals surface area contributed by atoms with Crippen LogP contribution in [0.15, 0.2) is 15.9 Å². The third kappa shape index (κ3) is 3.31. The van der Waals surface area contributed by atoms with E-state index in [-0.39, 0.29) is 0 Å². The molecule has 1 aromatic heterocycles. The van der Waals surface area contributed by atoms with Crippen LogP contribution < -0.4 is 5.32 Å². The largest absolute Gasteiger partial charge is 0.316 e. The van der Waals surface area contributed by atoms with Crippen LogP contribution >= 0.6 is 27.3 Å². The zero-order valence-electron chi connectivity index (χ0n) is 9.13. The Bertz CT molecular complexity index is 390. The molecule has 1 aliphatic carbocycles. The zero-order chi connectivity index (χ0) is 11.4. The molecule has 2 rings (SSSR count). The van der Waals surface area contributed by atoms with E-state index in [2.05, 4.69) is 39.4 Å². The predicted octanol–water partition coefficient (Wildman–Crippen LogP) is 3.34. The molecule has 16 heavy (non-hydrogen) atoms.